The minimum Gasteiger partial charge on any atom is -0.495 e. The predicted octanol–water partition coefficient (Wildman–Crippen LogP) is 3.75. The van der Waals surface area contributed by atoms with Crippen molar-refractivity contribution in [1.82, 2.24) is 10.2 Å². The molecule has 8 heteroatoms. The summed E-state index contributed by atoms with van der Waals surface area (Å²) in [5, 5.41) is 20.6. The van der Waals surface area contributed by atoms with E-state index >= 15 is 0 Å². The highest BCUT2D eigenvalue weighted by atomic mass is 32.1. The van der Waals surface area contributed by atoms with E-state index in [0.29, 0.717) is 39.4 Å². The Morgan fingerprint density at radius 1 is 1.52 bits per heavy atom. The number of carbonyl (C=O) groups is 1. The maximum absolute atomic E-state index is 12.1. The lowest BCUT2D eigenvalue weighted by Crippen LogP contribution is -2.13. The number of carbonyl (C=O) groups excluding carboxylic acids is 1. The van der Waals surface area contributed by atoms with Gasteiger partial charge >= 0.3 is 5.97 Å². The summed E-state index contributed by atoms with van der Waals surface area (Å²) in [6, 6.07) is 5.81. The zero-order chi connectivity index (χ0) is 19.0. The van der Waals surface area contributed by atoms with Crippen LogP contribution in [0.5, 0.6) is 11.5 Å². The lowest BCUT2D eigenvalue weighted by molar-refractivity contribution is 0.0516. The molecule has 1 aliphatic heterocycles. The molecule has 3 aromatic rings. The Morgan fingerprint density at radius 3 is 3.04 bits per heavy atom. The molecule has 2 aromatic heterocycles. The summed E-state index contributed by atoms with van der Waals surface area (Å²) in [7, 11) is 1.53. The fourth-order valence-corrected chi connectivity index (χ4v) is 3.84. The first kappa shape index (κ1) is 17.1. The number of nitrogens with zero attached hydrogens (tertiary/aromatic N) is 2. The van der Waals surface area contributed by atoms with Gasteiger partial charge in [0, 0.05) is 5.56 Å². The Hall–Kier alpha value is -3.31. The molecule has 0 amide bonds. The number of aromatic nitrogens is 2. The smallest absolute Gasteiger partial charge is 0.359 e. The molecule has 3 heterocycles. The van der Waals surface area contributed by atoms with Crippen LogP contribution in [0.1, 0.15) is 28.5 Å². The number of hydrogen-bond acceptors (Lipinski definition) is 7. The van der Waals surface area contributed by atoms with E-state index in [0.717, 1.165) is 5.56 Å². The van der Waals surface area contributed by atoms with Crippen molar-refractivity contribution in [3.63, 3.8) is 0 Å². The van der Waals surface area contributed by atoms with Crippen LogP contribution in [0.2, 0.25) is 0 Å². The summed E-state index contributed by atoms with van der Waals surface area (Å²) in [5.41, 5.74) is 4.12. The molecule has 0 radical (unpaired) electrons. The summed E-state index contributed by atoms with van der Waals surface area (Å²) < 4.78 is 16.6. The SMILES string of the molecule is CCOC(=O)c1n[nH]c2c1COc1c-2cc(C#N)c(OC)c1-c1ccsc1. The van der Waals surface area contributed by atoms with E-state index in [-0.39, 0.29) is 18.9 Å². The van der Waals surface area contributed by atoms with Crippen molar-refractivity contribution in [3.05, 3.63) is 39.7 Å². The number of nitrogens with one attached hydrogen (secondary N) is 1. The van der Waals surface area contributed by atoms with Crippen LogP contribution in [0.3, 0.4) is 0 Å². The van der Waals surface area contributed by atoms with Crippen LogP contribution in [0.4, 0.5) is 0 Å². The van der Waals surface area contributed by atoms with Crippen LogP contribution < -0.4 is 9.47 Å². The first-order chi connectivity index (χ1) is 13.2. The Morgan fingerprint density at radius 2 is 2.37 bits per heavy atom. The topological polar surface area (TPSA) is 97.2 Å². The molecule has 136 valence electrons. The van der Waals surface area contributed by atoms with Crippen LogP contribution in [0, 0.1) is 11.3 Å². The number of hydrogen-bond donors (Lipinski definition) is 1. The molecule has 0 fully saturated rings. The minimum atomic E-state index is -0.505. The monoisotopic (exact) mass is 381 g/mol. The second-order valence-electron chi connectivity index (χ2n) is 5.77. The van der Waals surface area contributed by atoms with E-state index in [1.807, 2.05) is 16.8 Å². The third-order valence-electron chi connectivity index (χ3n) is 4.33. The van der Waals surface area contributed by atoms with Crippen molar-refractivity contribution < 1.29 is 19.0 Å². The maximum Gasteiger partial charge on any atom is 0.359 e. The Labute approximate surface area is 159 Å². The summed E-state index contributed by atoms with van der Waals surface area (Å²) in [5.74, 6) is 0.549. The third-order valence-corrected chi connectivity index (χ3v) is 5.02. The molecule has 0 spiro atoms. The maximum atomic E-state index is 12.1. The molecule has 0 unspecified atom stereocenters. The standard InChI is InChI=1S/C19H15N3O4S/c1-3-25-19(23)16-13-8-26-18-12(15(13)21-22-16)6-11(7-20)17(24-2)14(18)10-4-5-27-9-10/h4-6,9H,3,8H2,1-2H3,(H,21,22). The molecule has 0 atom stereocenters. The highest BCUT2D eigenvalue weighted by molar-refractivity contribution is 7.08. The lowest BCUT2D eigenvalue weighted by Gasteiger charge is -2.23. The van der Waals surface area contributed by atoms with Gasteiger partial charge in [-0.2, -0.15) is 21.7 Å². The number of H-pyrrole nitrogens is 1. The van der Waals surface area contributed by atoms with Gasteiger partial charge in [-0.1, -0.05) is 0 Å². The number of esters is 1. The quantitative estimate of drug-likeness (QED) is 0.691. The van der Waals surface area contributed by atoms with E-state index < -0.39 is 5.97 Å². The largest absolute Gasteiger partial charge is 0.495 e. The van der Waals surface area contributed by atoms with Crippen LogP contribution in [-0.2, 0) is 11.3 Å². The first-order valence-corrected chi connectivity index (χ1v) is 9.19. The lowest BCUT2D eigenvalue weighted by atomic mass is 9.93. The predicted molar refractivity (Wildman–Crippen MR) is 98.9 cm³/mol. The number of aromatic amines is 1. The van der Waals surface area contributed by atoms with Gasteiger partial charge in [0.15, 0.2) is 5.69 Å². The van der Waals surface area contributed by atoms with Crippen molar-refractivity contribution >= 4 is 17.3 Å². The molecule has 0 saturated heterocycles. The Kier molecular flexibility index (Phi) is 4.30. The van der Waals surface area contributed by atoms with Crippen molar-refractivity contribution in [2.24, 2.45) is 0 Å². The number of ether oxygens (including phenoxy) is 3. The average Bonchev–Trinajstić information content (AvgIpc) is 3.36. The Balaban J connectivity index is 1.96. The summed E-state index contributed by atoms with van der Waals surface area (Å²) >= 11 is 1.54. The average molecular weight is 381 g/mol. The number of nitriles is 1. The van der Waals surface area contributed by atoms with E-state index in [2.05, 4.69) is 16.3 Å². The molecular formula is C19H15N3O4S. The molecule has 4 rings (SSSR count). The van der Waals surface area contributed by atoms with E-state index in [1.54, 1.807) is 24.3 Å². The van der Waals surface area contributed by atoms with E-state index in [1.165, 1.54) is 7.11 Å². The molecule has 7 nitrogen and oxygen atoms in total. The molecule has 1 aliphatic rings. The molecular weight excluding hydrogens is 366 g/mol. The second-order valence-corrected chi connectivity index (χ2v) is 6.55. The van der Waals surface area contributed by atoms with Gasteiger partial charge in [0.25, 0.3) is 0 Å². The number of rotatable bonds is 4. The zero-order valence-electron chi connectivity index (χ0n) is 14.7. The molecule has 27 heavy (non-hydrogen) atoms. The van der Waals surface area contributed by atoms with Crippen LogP contribution >= 0.6 is 11.3 Å². The first-order valence-electron chi connectivity index (χ1n) is 8.24. The summed E-state index contributed by atoms with van der Waals surface area (Å²) in [6.45, 7) is 2.16. The number of methoxy groups -OCH3 is 1. The van der Waals surface area contributed by atoms with Crippen molar-refractivity contribution in [3.8, 4) is 40.0 Å². The van der Waals surface area contributed by atoms with Crippen LogP contribution in [0.15, 0.2) is 22.9 Å². The van der Waals surface area contributed by atoms with Gasteiger partial charge in [-0.05, 0) is 35.4 Å². The summed E-state index contributed by atoms with van der Waals surface area (Å²) in [6.07, 6.45) is 0. The highest BCUT2D eigenvalue weighted by Crippen LogP contribution is 2.50. The molecule has 1 N–H and O–H groups in total. The molecule has 0 aliphatic carbocycles. The Bertz CT molecular complexity index is 1060. The van der Waals surface area contributed by atoms with Crippen molar-refractivity contribution in [2.45, 2.75) is 13.5 Å². The zero-order valence-corrected chi connectivity index (χ0v) is 15.5. The number of benzene rings is 1. The molecule has 0 bridgehead atoms. The van der Waals surface area contributed by atoms with Gasteiger partial charge in [0.2, 0.25) is 0 Å². The number of thiophene rings is 1. The van der Waals surface area contributed by atoms with E-state index in [9.17, 15) is 10.1 Å². The third kappa shape index (κ3) is 2.64. The van der Waals surface area contributed by atoms with E-state index in [4.69, 9.17) is 14.2 Å². The molecule has 1 aromatic carbocycles. The minimum absolute atomic E-state index is 0.166. The van der Waals surface area contributed by atoms with Gasteiger partial charge in [-0.15, -0.1) is 0 Å². The van der Waals surface area contributed by atoms with Gasteiger partial charge in [0.1, 0.15) is 24.2 Å². The van der Waals surface area contributed by atoms with Gasteiger partial charge in [0.05, 0.1) is 36.1 Å². The fourth-order valence-electron chi connectivity index (χ4n) is 3.19. The van der Waals surface area contributed by atoms with Gasteiger partial charge in [-0.3, -0.25) is 5.10 Å². The van der Waals surface area contributed by atoms with Crippen molar-refractivity contribution in [1.29, 1.82) is 5.26 Å². The van der Waals surface area contributed by atoms with Crippen LogP contribution in [0.25, 0.3) is 22.4 Å². The second kappa shape index (κ2) is 6.78. The normalized spacial score (nSPS) is 11.7. The van der Waals surface area contributed by atoms with Crippen LogP contribution in [-0.4, -0.2) is 29.9 Å². The summed E-state index contributed by atoms with van der Waals surface area (Å²) in [4.78, 5) is 12.1. The highest BCUT2D eigenvalue weighted by Gasteiger charge is 2.31. The van der Waals surface area contributed by atoms with Crippen molar-refractivity contribution in [2.75, 3.05) is 13.7 Å². The number of fused-ring (bicyclic) bond motifs is 3. The van der Waals surface area contributed by atoms with Gasteiger partial charge in [-0.25, -0.2) is 4.79 Å². The van der Waals surface area contributed by atoms with Gasteiger partial charge < -0.3 is 14.2 Å². The fraction of sp³-hybridized carbons (Fsp3) is 0.211. The molecule has 0 saturated carbocycles.